The highest BCUT2D eigenvalue weighted by molar-refractivity contribution is 9.10. The normalized spacial score (nSPS) is 15.8. The largest absolute Gasteiger partial charge is 0.267 e. The molecule has 108 valence electrons. The van der Waals surface area contributed by atoms with Crippen LogP contribution in [0.2, 0.25) is 0 Å². The summed E-state index contributed by atoms with van der Waals surface area (Å²) in [5.74, 6) is -0.431. The SMILES string of the molecule is O=S1(=O)c2ccccc2N=CN1Cc1cccc(F)c1Br. The summed E-state index contributed by atoms with van der Waals surface area (Å²) in [4.78, 5) is 4.28. The Morgan fingerprint density at radius 3 is 2.71 bits per heavy atom. The minimum Gasteiger partial charge on any atom is -0.252 e. The number of rotatable bonds is 2. The number of para-hydroxylation sites is 1. The summed E-state index contributed by atoms with van der Waals surface area (Å²) >= 11 is 3.14. The number of fused-ring (bicyclic) bond motifs is 1. The molecule has 2 aromatic carbocycles. The number of sulfonamides is 1. The van der Waals surface area contributed by atoms with Crippen molar-refractivity contribution < 1.29 is 12.8 Å². The third-order valence-corrected chi connectivity index (χ3v) is 5.77. The highest BCUT2D eigenvalue weighted by Gasteiger charge is 2.28. The van der Waals surface area contributed by atoms with Gasteiger partial charge in [-0.05, 0) is 39.7 Å². The molecule has 4 nitrogen and oxygen atoms in total. The number of hydrogen-bond donors (Lipinski definition) is 0. The fraction of sp³-hybridized carbons (Fsp3) is 0.0714. The van der Waals surface area contributed by atoms with Crippen LogP contribution in [-0.2, 0) is 16.6 Å². The fourth-order valence-corrected chi connectivity index (χ4v) is 3.82. The van der Waals surface area contributed by atoms with Crippen LogP contribution >= 0.6 is 15.9 Å². The third-order valence-electron chi connectivity index (χ3n) is 3.14. The zero-order chi connectivity index (χ0) is 15.0. The van der Waals surface area contributed by atoms with E-state index in [9.17, 15) is 12.8 Å². The predicted molar refractivity (Wildman–Crippen MR) is 81.4 cm³/mol. The lowest BCUT2D eigenvalue weighted by Gasteiger charge is -2.24. The van der Waals surface area contributed by atoms with E-state index >= 15 is 0 Å². The highest BCUT2D eigenvalue weighted by Crippen LogP contribution is 2.31. The van der Waals surface area contributed by atoms with Crippen LogP contribution in [0.4, 0.5) is 10.1 Å². The van der Waals surface area contributed by atoms with Crippen molar-refractivity contribution in [2.24, 2.45) is 4.99 Å². The predicted octanol–water partition coefficient (Wildman–Crippen LogP) is 3.45. The maximum Gasteiger partial charge on any atom is 0.267 e. The van der Waals surface area contributed by atoms with E-state index in [1.165, 1.54) is 24.5 Å². The molecule has 0 bridgehead atoms. The number of aliphatic imine (C=N–C) groups is 1. The lowest BCUT2D eigenvalue weighted by Crippen LogP contribution is -2.31. The van der Waals surface area contributed by atoms with Crippen molar-refractivity contribution in [2.45, 2.75) is 11.4 Å². The molecule has 2 aromatic rings. The van der Waals surface area contributed by atoms with E-state index in [0.717, 1.165) is 4.31 Å². The van der Waals surface area contributed by atoms with Gasteiger partial charge in [-0.25, -0.2) is 17.8 Å². The first-order valence-corrected chi connectivity index (χ1v) is 8.31. The first kappa shape index (κ1) is 14.2. The monoisotopic (exact) mass is 368 g/mol. The van der Waals surface area contributed by atoms with Gasteiger partial charge in [0.15, 0.2) is 0 Å². The summed E-state index contributed by atoms with van der Waals surface area (Å²) in [7, 11) is -3.67. The van der Waals surface area contributed by atoms with E-state index in [0.29, 0.717) is 11.3 Å². The molecule has 0 saturated carbocycles. The van der Waals surface area contributed by atoms with Crippen molar-refractivity contribution in [2.75, 3.05) is 0 Å². The average molecular weight is 369 g/mol. The third kappa shape index (κ3) is 2.47. The molecule has 3 rings (SSSR count). The van der Waals surface area contributed by atoms with Gasteiger partial charge in [0.25, 0.3) is 10.0 Å². The van der Waals surface area contributed by atoms with Crippen molar-refractivity contribution in [3.8, 4) is 0 Å². The van der Waals surface area contributed by atoms with Crippen molar-refractivity contribution in [1.82, 2.24) is 4.31 Å². The lowest BCUT2D eigenvalue weighted by atomic mass is 10.2. The summed E-state index contributed by atoms with van der Waals surface area (Å²) in [5.41, 5.74) is 0.941. The second-order valence-corrected chi connectivity index (χ2v) is 7.13. The van der Waals surface area contributed by atoms with Crippen molar-refractivity contribution >= 4 is 38.0 Å². The molecule has 0 unspecified atom stereocenters. The quantitative estimate of drug-likeness (QED) is 0.814. The molecule has 1 aliphatic heterocycles. The average Bonchev–Trinajstić information content (AvgIpc) is 2.47. The van der Waals surface area contributed by atoms with Gasteiger partial charge in [-0.2, -0.15) is 0 Å². The molecule has 1 heterocycles. The van der Waals surface area contributed by atoms with Gasteiger partial charge in [-0.3, -0.25) is 4.31 Å². The zero-order valence-corrected chi connectivity index (χ0v) is 13.1. The standard InChI is InChI=1S/C14H10BrFN2O2S/c15-14-10(4-3-5-11(14)16)8-18-9-17-12-6-1-2-7-13(12)21(18,19)20/h1-7,9H,8H2. The molecule has 0 spiro atoms. The van der Waals surface area contributed by atoms with E-state index in [1.54, 1.807) is 24.3 Å². The van der Waals surface area contributed by atoms with Crippen LogP contribution in [0, 0.1) is 5.82 Å². The Balaban J connectivity index is 2.01. The van der Waals surface area contributed by atoms with Crippen LogP contribution in [0.5, 0.6) is 0 Å². The molecule has 1 aliphatic rings. The van der Waals surface area contributed by atoms with Gasteiger partial charge in [0, 0.05) is 0 Å². The number of halogens is 2. The first-order valence-electron chi connectivity index (χ1n) is 6.08. The maximum atomic E-state index is 13.5. The van der Waals surface area contributed by atoms with Crippen molar-refractivity contribution in [1.29, 1.82) is 0 Å². The molecule has 0 radical (unpaired) electrons. The number of nitrogens with zero attached hydrogens (tertiary/aromatic N) is 2. The molecule has 21 heavy (non-hydrogen) atoms. The van der Waals surface area contributed by atoms with E-state index in [-0.39, 0.29) is 15.9 Å². The second kappa shape index (κ2) is 5.23. The summed E-state index contributed by atoms with van der Waals surface area (Å²) < 4.78 is 39.9. The summed E-state index contributed by atoms with van der Waals surface area (Å²) in [6.07, 6.45) is 1.26. The minimum atomic E-state index is -3.67. The summed E-state index contributed by atoms with van der Waals surface area (Å²) in [5, 5.41) is 0. The molecule has 0 aliphatic carbocycles. The van der Waals surface area contributed by atoms with E-state index < -0.39 is 15.8 Å². The second-order valence-electron chi connectivity index (χ2n) is 4.48. The Labute approximate surface area is 130 Å². The van der Waals surface area contributed by atoms with Crippen LogP contribution in [0.25, 0.3) is 0 Å². The van der Waals surface area contributed by atoms with Gasteiger partial charge < -0.3 is 0 Å². The Morgan fingerprint density at radius 1 is 1.14 bits per heavy atom. The molecule has 7 heteroatoms. The van der Waals surface area contributed by atoms with Crippen LogP contribution in [0.15, 0.2) is 56.8 Å². The molecular formula is C14H10BrFN2O2S. The highest BCUT2D eigenvalue weighted by atomic mass is 79.9. The summed E-state index contributed by atoms with van der Waals surface area (Å²) in [6, 6.07) is 11.0. The Hall–Kier alpha value is -1.73. The van der Waals surface area contributed by atoms with E-state index in [4.69, 9.17) is 0 Å². The van der Waals surface area contributed by atoms with Crippen LogP contribution in [0.1, 0.15) is 5.56 Å². The van der Waals surface area contributed by atoms with E-state index in [1.807, 2.05) is 0 Å². The van der Waals surface area contributed by atoms with Gasteiger partial charge in [0.1, 0.15) is 17.1 Å². The van der Waals surface area contributed by atoms with Gasteiger partial charge in [-0.1, -0.05) is 24.3 Å². The first-order chi connectivity index (χ1) is 10.00. The zero-order valence-electron chi connectivity index (χ0n) is 10.7. The molecule has 0 atom stereocenters. The maximum absolute atomic E-state index is 13.5. The van der Waals surface area contributed by atoms with Crippen molar-refractivity contribution in [3.05, 3.63) is 58.3 Å². The van der Waals surface area contributed by atoms with Gasteiger partial charge in [0.2, 0.25) is 0 Å². The Kier molecular flexibility index (Phi) is 3.54. The van der Waals surface area contributed by atoms with Crippen LogP contribution in [-0.4, -0.2) is 19.1 Å². The van der Waals surface area contributed by atoms with Crippen LogP contribution < -0.4 is 0 Å². The molecule has 0 N–H and O–H groups in total. The topological polar surface area (TPSA) is 49.7 Å². The Morgan fingerprint density at radius 2 is 1.90 bits per heavy atom. The lowest BCUT2D eigenvalue weighted by molar-refractivity contribution is 0.519. The van der Waals surface area contributed by atoms with E-state index in [2.05, 4.69) is 20.9 Å². The molecule has 0 amide bonds. The van der Waals surface area contributed by atoms with Gasteiger partial charge >= 0.3 is 0 Å². The Bertz CT molecular complexity index is 837. The number of benzene rings is 2. The summed E-state index contributed by atoms with van der Waals surface area (Å²) in [6.45, 7) is 0.0124. The van der Waals surface area contributed by atoms with Crippen LogP contribution in [0.3, 0.4) is 0 Å². The van der Waals surface area contributed by atoms with Crippen molar-refractivity contribution in [3.63, 3.8) is 0 Å². The smallest absolute Gasteiger partial charge is 0.252 e. The van der Waals surface area contributed by atoms with Gasteiger partial charge in [0.05, 0.1) is 16.7 Å². The number of hydrogen-bond acceptors (Lipinski definition) is 3. The van der Waals surface area contributed by atoms with Gasteiger partial charge in [-0.15, -0.1) is 0 Å². The minimum absolute atomic E-state index is 0.0124. The molecular weight excluding hydrogens is 359 g/mol. The molecule has 0 fully saturated rings. The molecule has 0 aromatic heterocycles. The fourth-order valence-electron chi connectivity index (χ4n) is 2.06. The molecule has 0 saturated heterocycles.